The highest BCUT2D eigenvalue weighted by Crippen LogP contribution is 2.36. The molecule has 0 saturated carbocycles. The number of rotatable bonds is 6. The number of carbonyl (C=O) groups excluding carboxylic acids is 2. The van der Waals surface area contributed by atoms with Gasteiger partial charge in [0.05, 0.1) is 17.9 Å². The van der Waals surface area contributed by atoms with Gasteiger partial charge in [0.1, 0.15) is 11.4 Å². The van der Waals surface area contributed by atoms with Gasteiger partial charge in [0.15, 0.2) is 0 Å². The summed E-state index contributed by atoms with van der Waals surface area (Å²) in [5, 5.41) is 3.19. The number of amides is 2. The average Bonchev–Trinajstić information content (AvgIpc) is 3.01. The average molecular weight is 412 g/mol. The van der Waals surface area contributed by atoms with Crippen LogP contribution in [0.4, 0.5) is 11.4 Å². The second-order valence-electron chi connectivity index (χ2n) is 7.37. The van der Waals surface area contributed by atoms with Crippen molar-refractivity contribution in [1.29, 1.82) is 0 Å². The molecule has 0 aromatic heterocycles. The molecule has 4 rings (SSSR count). The zero-order valence-corrected chi connectivity index (χ0v) is 17.8. The Labute approximate surface area is 182 Å². The molecule has 1 N–H and O–H groups in total. The van der Waals surface area contributed by atoms with Crippen molar-refractivity contribution in [2.45, 2.75) is 20.8 Å². The first kappa shape index (κ1) is 20.4. The summed E-state index contributed by atoms with van der Waals surface area (Å²) in [6, 6.07) is 22.3. The summed E-state index contributed by atoms with van der Waals surface area (Å²) in [5.74, 6) is -0.0229. The molecule has 0 aliphatic carbocycles. The fourth-order valence-electron chi connectivity index (χ4n) is 3.69. The third-order valence-electron chi connectivity index (χ3n) is 5.38. The molecule has 0 bridgehead atoms. The predicted molar refractivity (Wildman–Crippen MR) is 123 cm³/mol. The molecule has 31 heavy (non-hydrogen) atoms. The quantitative estimate of drug-likeness (QED) is 0.573. The fourth-order valence-corrected chi connectivity index (χ4v) is 3.69. The van der Waals surface area contributed by atoms with Gasteiger partial charge in [0, 0.05) is 11.8 Å². The van der Waals surface area contributed by atoms with Gasteiger partial charge in [-0.1, -0.05) is 48.5 Å². The molecule has 5 heteroatoms. The molecule has 0 radical (unpaired) electrons. The molecule has 0 spiro atoms. The van der Waals surface area contributed by atoms with E-state index in [0.29, 0.717) is 34.9 Å². The Hall–Kier alpha value is -3.86. The summed E-state index contributed by atoms with van der Waals surface area (Å²) < 4.78 is 5.57. The van der Waals surface area contributed by atoms with Crippen molar-refractivity contribution in [1.82, 2.24) is 0 Å². The molecule has 0 atom stereocenters. The van der Waals surface area contributed by atoms with Gasteiger partial charge in [0.25, 0.3) is 11.8 Å². The van der Waals surface area contributed by atoms with Crippen molar-refractivity contribution in [3.63, 3.8) is 0 Å². The predicted octanol–water partition coefficient (Wildman–Crippen LogP) is 5.10. The molecule has 0 saturated heterocycles. The van der Waals surface area contributed by atoms with Crippen molar-refractivity contribution in [2.24, 2.45) is 0 Å². The third kappa shape index (κ3) is 3.82. The van der Waals surface area contributed by atoms with Gasteiger partial charge >= 0.3 is 0 Å². The van der Waals surface area contributed by atoms with Crippen molar-refractivity contribution >= 4 is 28.8 Å². The van der Waals surface area contributed by atoms with Gasteiger partial charge in [-0.25, -0.2) is 4.90 Å². The zero-order valence-electron chi connectivity index (χ0n) is 17.8. The Bertz CT molecular complexity index is 1180. The van der Waals surface area contributed by atoms with Crippen molar-refractivity contribution in [2.75, 3.05) is 16.8 Å². The monoisotopic (exact) mass is 412 g/mol. The lowest BCUT2D eigenvalue weighted by atomic mass is 10.0. The van der Waals surface area contributed by atoms with E-state index in [-0.39, 0.29) is 17.5 Å². The second-order valence-corrected chi connectivity index (χ2v) is 7.37. The fraction of sp³-hybridized carbons (Fsp3) is 0.154. The van der Waals surface area contributed by atoms with E-state index >= 15 is 0 Å². The smallest absolute Gasteiger partial charge is 0.282 e. The van der Waals surface area contributed by atoms with E-state index in [4.69, 9.17) is 4.74 Å². The minimum Gasteiger partial charge on any atom is -0.494 e. The Morgan fingerprint density at radius 2 is 1.61 bits per heavy atom. The molecule has 0 fully saturated rings. The first-order valence-electron chi connectivity index (χ1n) is 10.3. The van der Waals surface area contributed by atoms with Crippen molar-refractivity contribution in [3.8, 4) is 5.75 Å². The van der Waals surface area contributed by atoms with E-state index in [1.54, 1.807) is 6.07 Å². The lowest BCUT2D eigenvalue weighted by Gasteiger charge is -2.19. The maximum atomic E-state index is 13.5. The Balaban J connectivity index is 1.81. The highest BCUT2D eigenvalue weighted by atomic mass is 16.5. The molecule has 3 aromatic rings. The van der Waals surface area contributed by atoms with Crippen LogP contribution in [0.2, 0.25) is 0 Å². The molecule has 1 aliphatic heterocycles. The molecule has 5 nitrogen and oxygen atoms in total. The van der Waals surface area contributed by atoms with E-state index in [2.05, 4.69) is 5.32 Å². The molecule has 1 heterocycles. The van der Waals surface area contributed by atoms with Gasteiger partial charge in [-0.05, 0) is 55.7 Å². The van der Waals surface area contributed by atoms with E-state index < -0.39 is 0 Å². The lowest BCUT2D eigenvalue weighted by molar-refractivity contribution is -0.120. The van der Waals surface area contributed by atoms with E-state index in [1.807, 2.05) is 87.5 Å². The molecular formula is C26H24N2O3. The van der Waals surface area contributed by atoms with E-state index in [1.165, 1.54) is 4.90 Å². The minimum atomic E-state index is -0.376. The van der Waals surface area contributed by atoms with Crippen molar-refractivity contribution in [3.05, 3.63) is 95.2 Å². The number of hydrogen-bond acceptors (Lipinski definition) is 4. The Morgan fingerprint density at radius 1 is 0.871 bits per heavy atom. The van der Waals surface area contributed by atoms with Crippen LogP contribution in [0.25, 0.3) is 5.57 Å². The first-order valence-corrected chi connectivity index (χ1v) is 10.3. The van der Waals surface area contributed by atoms with Gasteiger partial charge in [-0.2, -0.15) is 0 Å². The van der Waals surface area contributed by atoms with Crippen LogP contribution in [0.5, 0.6) is 5.75 Å². The summed E-state index contributed by atoms with van der Waals surface area (Å²) >= 11 is 0. The zero-order chi connectivity index (χ0) is 22.0. The van der Waals surface area contributed by atoms with Crippen molar-refractivity contribution < 1.29 is 14.3 Å². The van der Waals surface area contributed by atoms with Crippen LogP contribution in [0.3, 0.4) is 0 Å². The molecule has 0 unspecified atom stereocenters. The maximum Gasteiger partial charge on any atom is 0.282 e. The number of aryl methyl sites for hydroxylation is 1. The number of hydrogen-bond donors (Lipinski definition) is 1. The van der Waals surface area contributed by atoms with Crippen LogP contribution >= 0.6 is 0 Å². The number of imide groups is 1. The van der Waals surface area contributed by atoms with Gasteiger partial charge < -0.3 is 10.1 Å². The van der Waals surface area contributed by atoms with E-state index in [0.717, 1.165) is 11.1 Å². The number of anilines is 2. The SMILES string of the molecule is CCOc1cccc(NC2=C(c3ccccc3)C(=O)N(c3cccc(C)c3C)C2=O)c1. The molecule has 156 valence electrons. The summed E-state index contributed by atoms with van der Waals surface area (Å²) in [6.45, 7) is 6.34. The topological polar surface area (TPSA) is 58.6 Å². The molecular weight excluding hydrogens is 388 g/mol. The standard InChI is InChI=1S/C26H24N2O3/c1-4-31-21-14-9-13-20(16-21)27-24-23(19-11-6-5-7-12-19)25(29)28(26(24)30)22-15-8-10-17(2)18(22)3/h5-16,27H,4H2,1-3H3. The van der Waals surface area contributed by atoms with Gasteiger partial charge in [-0.15, -0.1) is 0 Å². The number of benzene rings is 3. The Kier molecular flexibility index (Phi) is 5.58. The largest absolute Gasteiger partial charge is 0.494 e. The van der Waals surface area contributed by atoms with E-state index in [9.17, 15) is 9.59 Å². The normalized spacial score (nSPS) is 13.7. The lowest BCUT2D eigenvalue weighted by Crippen LogP contribution is -2.33. The minimum absolute atomic E-state index is 0.255. The van der Waals surface area contributed by atoms with Crippen LogP contribution < -0.4 is 15.0 Å². The Morgan fingerprint density at radius 3 is 2.35 bits per heavy atom. The first-order chi connectivity index (χ1) is 15.0. The summed E-state index contributed by atoms with van der Waals surface area (Å²) in [6.07, 6.45) is 0. The summed E-state index contributed by atoms with van der Waals surface area (Å²) in [7, 11) is 0. The summed E-state index contributed by atoms with van der Waals surface area (Å²) in [5.41, 5.74) is 4.50. The van der Waals surface area contributed by atoms with Crippen LogP contribution in [0, 0.1) is 13.8 Å². The van der Waals surface area contributed by atoms with Crippen LogP contribution in [0.15, 0.2) is 78.5 Å². The number of ether oxygens (including phenoxy) is 1. The van der Waals surface area contributed by atoms with Crippen LogP contribution in [-0.2, 0) is 9.59 Å². The second kappa shape index (κ2) is 8.48. The maximum absolute atomic E-state index is 13.5. The number of carbonyl (C=O) groups is 2. The molecule has 1 aliphatic rings. The highest BCUT2D eigenvalue weighted by molar-refractivity contribution is 6.46. The van der Waals surface area contributed by atoms with Gasteiger partial charge in [-0.3, -0.25) is 9.59 Å². The van der Waals surface area contributed by atoms with Gasteiger partial charge in [0.2, 0.25) is 0 Å². The molecule has 2 amide bonds. The number of nitrogens with zero attached hydrogens (tertiary/aromatic N) is 1. The van der Waals surface area contributed by atoms with Crippen LogP contribution in [0.1, 0.15) is 23.6 Å². The summed E-state index contributed by atoms with van der Waals surface area (Å²) in [4.78, 5) is 28.3. The molecule has 3 aromatic carbocycles. The van der Waals surface area contributed by atoms with Crippen LogP contribution in [-0.4, -0.2) is 18.4 Å². The highest BCUT2D eigenvalue weighted by Gasteiger charge is 2.40. The third-order valence-corrected chi connectivity index (χ3v) is 5.38. The number of nitrogens with one attached hydrogen (secondary N) is 1.